The molecule has 7 heteroatoms. The maximum atomic E-state index is 12.0. The average molecular weight is 342 g/mol. The number of anilines is 1. The zero-order valence-corrected chi connectivity index (χ0v) is 14.8. The van der Waals surface area contributed by atoms with Gasteiger partial charge < -0.3 is 15.2 Å². The smallest absolute Gasteiger partial charge is 0.310 e. The summed E-state index contributed by atoms with van der Waals surface area (Å²) in [5, 5.41) is 13.7. The van der Waals surface area contributed by atoms with E-state index in [1.807, 2.05) is 20.8 Å². The number of carbonyl (C=O) groups excluding carboxylic acids is 1. The Balaban J connectivity index is 2.16. The number of halogens is 1. The Bertz CT molecular complexity index is 584. The predicted molar refractivity (Wildman–Crippen MR) is 88.5 cm³/mol. The van der Waals surface area contributed by atoms with Crippen LogP contribution in [-0.4, -0.2) is 38.3 Å². The van der Waals surface area contributed by atoms with Crippen LogP contribution in [0.15, 0.2) is 6.20 Å². The Labute approximate surface area is 141 Å². The Morgan fingerprint density at radius 2 is 2.26 bits per heavy atom. The largest absolute Gasteiger partial charge is 0.460 e. The fourth-order valence-electron chi connectivity index (χ4n) is 2.71. The van der Waals surface area contributed by atoms with Crippen molar-refractivity contribution in [1.29, 1.82) is 0 Å². The van der Waals surface area contributed by atoms with E-state index in [2.05, 4.69) is 15.3 Å². The zero-order chi connectivity index (χ0) is 17.3. The third-order valence-electron chi connectivity index (χ3n) is 3.83. The van der Waals surface area contributed by atoms with Crippen LogP contribution in [0.4, 0.5) is 5.82 Å². The Morgan fingerprint density at radius 3 is 2.83 bits per heavy atom. The molecule has 0 aliphatic heterocycles. The van der Waals surface area contributed by atoms with Gasteiger partial charge in [-0.2, -0.15) is 0 Å². The molecule has 1 aromatic heterocycles. The van der Waals surface area contributed by atoms with Crippen LogP contribution < -0.4 is 5.32 Å². The maximum absolute atomic E-state index is 12.0. The van der Waals surface area contributed by atoms with Gasteiger partial charge in [0.2, 0.25) is 5.28 Å². The number of hydrogen-bond acceptors (Lipinski definition) is 6. The highest BCUT2D eigenvalue weighted by Crippen LogP contribution is 2.32. The summed E-state index contributed by atoms with van der Waals surface area (Å²) in [6.07, 6.45) is 4.06. The summed E-state index contributed by atoms with van der Waals surface area (Å²) in [5.41, 5.74) is -0.750. The van der Waals surface area contributed by atoms with Crippen LogP contribution in [0, 0.1) is 0 Å². The molecule has 0 saturated heterocycles. The molecule has 1 aliphatic rings. The first-order valence-corrected chi connectivity index (χ1v) is 8.17. The van der Waals surface area contributed by atoms with E-state index in [1.165, 1.54) is 6.20 Å². The van der Waals surface area contributed by atoms with Crippen LogP contribution in [0.3, 0.4) is 0 Å². The lowest BCUT2D eigenvalue weighted by Crippen LogP contribution is -2.40. The number of rotatable bonds is 4. The molecule has 0 spiro atoms. The van der Waals surface area contributed by atoms with Gasteiger partial charge in [-0.3, -0.25) is 4.79 Å². The summed E-state index contributed by atoms with van der Waals surface area (Å²) >= 11 is 5.88. The van der Waals surface area contributed by atoms with Crippen molar-refractivity contribution in [1.82, 2.24) is 9.97 Å². The minimum atomic E-state index is -0.805. The summed E-state index contributed by atoms with van der Waals surface area (Å²) in [6.45, 7) is 7.25. The molecule has 1 fully saturated rings. The number of carbonyl (C=O) groups is 1. The monoisotopic (exact) mass is 341 g/mol. The molecule has 1 heterocycles. The van der Waals surface area contributed by atoms with Crippen molar-refractivity contribution in [3.8, 4) is 0 Å². The SMILES string of the molecule is CC(C)(C)OC(=O)Cc1cnc(Cl)nc1NC1CCCC1(C)O. The molecule has 0 amide bonds. The van der Waals surface area contributed by atoms with Crippen LogP contribution in [0.25, 0.3) is 0 Å². The summed E-state index contributed by atoms with van der Waals surface area (Å²) in [7, 11) is 0. The molecule has 0 aromatic carbocycles. The van der Waals surface area contributed by atoms with Gasteiger partial charge in [-0.15, -0.1) is 0 Å². The van der Waals surface area contributed by atoms with Crippen LogP contribution in [0.1, 0.15) is 52.5 Å². The van der Waals surface area contributed by atoms with Crippen molar-refractivity contribution in [3.63, 3.8) is 0 Å². The molecule has 1 aromatic rings. The van der Waals surface area contributed by atoms with Crippen molar-refractivity contribution >= 4 is 23.4 Å². The van der Waals surface area contributed by atoms with E-state index in [0.29, 0.717) is 11.4 Å². The van der Waals surface area contributed by atoms with Crippen molar-refractivity contribution in [2.75, 3.05) is 5.32 Å². The molecule has 2 N–H and O–H groups in total. The molecular formula is C16H24ClN3O3. The van der Waals surface area contributed by atoms with Crippen molar-refractivity contribution in [2.45, 2.75) is 70.6 Å². The number of hydrogen-bond donors (Lipinski definition) is 2. The van der Waals surface area contributed by atoms with Crippen molar-refractivity contribution in [3.05, 3.63) is 17.0 Å². The summed E-state index contributed by atoms with van der Waals surface area (Å²) < 4.78 is 5.33. The van der Waals surface area contributed by atoms with Gasteiger partial charge in [-0.25, -0.2) is 9.97 Å². The van der Waals surface area contributed by atoms with Gasteiger partial charge in [0.25, 0.3) is 0 Å². The third kappa shape index (κ3) is 5.04. The van der Waals surface area contributed by atoms with Gasteiger partial charge in [0.05, 0.1) is 18.1 Å². The minimum Gasteiger partial charge on any atom is -0.460 e. The summed E-state index contributed by atoms with van der Waals surface area (Å²) in [5.74, 6) is 0.118. The molecule has 6 nitrogen and oxygen atoms in total. The second-order valence-electron chi connectivity index (χ2n) is 7.22. The van der Waals surface area contributed by atoms with E-state index in [9.17, 15) is 9.90 Å². The number of nitrogens with one attached hydrogen (secondary N) is 1. The van der Waals surface area contributed by atoms with E-state index >= 15 is 0 Å². The Kier molecular flexibility index (Phi) is 5.16. The molecule has 0 bridgehead atoms. The molecule has 1 saturated carbocycles. The Hall–Kier alpha value is -1.40. The second kappa shape index (κ2) is 6.61. The standard InChI is InChI=1S/C16H24ClN3O3/c1-15(2,3)23-12(21)8-10-9-18-14(17)20-13(10)19-11-6-5-7-16(11,4)22/h9,11,22H,5-8H2,1-4H3,(H,18,19,20). The molecule has 23 heavy (non-hydrogen) atoms. The molecular weight excluding hydrogens is 318 g/mol. The van der Waals surface area contributed by atoms with Crippen LogP contribution in [0.5, 0.6) is 0 Å². The first-order chi connectivity index (χ1) is 10.6. The van der Waals surface area contributed by atoms with Gasteiger partial charge in [-0.05, 0) is 58.6 Å². The molecule has 2 atom stereocenters. The molecule has 128 valence electrons. The first kappa shape index (κ1) is 17.9. The highest BCUT2D eigenvalue weighted by Gasteiger charge is 2.37. The maximum Gasteiger partial charge on any atom is 0.310 e. The molecule has 1 aliphatic carbocycles. The molecule has 2 unspecified atom stereocenters. The molecule has 0 radical (unpaired) electrons. The number of ether oxygens (including phenoxy) is 1. The summed E-state index contributed by atoms with van der Waals surface area (Å²) in [6, 6.07) is -0.133. The van der Waals surface area contributed by atoms with Crippen LogP contribution in [-0.2, 0) is 16.0 Å². The van der Waals surface area contributed by atoms with Crippen LogP contribution in [0.2, 0.25) is 5.28 Å². The van der Waals surface area contributed by atoms with Gasteiger partial charge in [-0.1, -0.05) is 0 Å². The lowest BCUT2D eigenvalue weighted by Gasteiger charge is -2.27. The number of aliphatic hydroxyl groups is 1. The zero-order valence-electron chi connectivity index (χ0n) is 14.0. The van der Waals surface area contributed by atoms with Crippen molar-refractivity contribution in [2.24, 2.45) is 0 Å². The van der Waals surface area contributed by atoms with E-state index in [-0.39, 0.29) is 23.7 Å². The predicted octanol–water partition coefficient (Wildman–Crippen LogP) is 2.73. The normalized spacial score (nSPS) is 24.5. The van der Waals surface area contributed by atoms with E-state index in [4.69, 9.17) is 16.3 Å². The lowest BCUT2D eigenvalue weighted by molar-refractivity contribution is -0.153. The summed E-state index contributed by atoms with van der Waals surface area (Å²) in [4.78, 5) is 20.2. The van der Waals surface area contributed by atoms with E-state index < -0.39 is 11.2 Å². The quantitative estimate of drug-likeness (QED) is 0.647. The van der Waals surface area contributed by atoms with Crippen molar-refractivity contribution < 1.29 is 14.6 Å². The number of nitrogens with zero attached hydrogens (tertiary/aromatic N) is 2. The second-order valence-corrected chi connectivity index (χ2v) is 7.56. The lowest BCUT2D eigenvalue weighted by atomic mass is 10.0. The van der Waals surface area contributed by atoms with Crippen LogP contribution >= 0.6 is 11.6 Å². The van der Waals surface area contributed by atoms with Gasteiger partial charge in [0, 0.05) is 11.8 Å². The first-order valence-electron chi connectivity index (χ1n) is 7.79. The topological polar surface area (TPSA) is 84.3 Å². The fraction of sp³-hybridized carbons (Fsp3) is 0.688. The van der Waals surface area contributed by atoms with Gasteiger partial charge in [0.1, 0.15) is 11.4 Å². The highest BCUT2D eigenvalue weighted by atomic mass is 35.5. The van der Waals surface area contributed by atoms with Gasteiger partial charge in [0.15, 0.2) is 0 Å². The van der Waals surface area contributed by atoms with E-state index in [0.717, 1.165) is 19.3 Å². The number of esters is 1. The number of aromatic nitrogens is 2. The fourth-order valence-corrected chi connectivity index (χ4v) is 2.85. The van der Waals surface area contributed by atoms with E-state index in [1.54, 1.807) is 6.92 Å². The minimum absolute atomic E-state index is 0.0473. The molecule has 2 rings (SSSR count). The average Bonchev–Trinajstić information content (AvgIpc) is 2.70. The highest BCUT2D eigenvalue weighted by molar-refractivity contribution is 6.28. The Morgan fingerprint density at radius 1 is 1.57 bits per heavy atom. The third-order valence-corrected chi connectivity index (χ3v) is 4.01. The van der Waals surface area contributed by atoms with Gasteiger partial charge >= 0.3 is 5.97 Å².